The van der Waals surface area contributed by atoms with E-state index in [1.54, 1.807) is 48.5 Å². The molecule has 0 aromatic heterocycles. The lowest BCUT2D eigenvalue weighted by Gasteiger charge is -2.47. The number of ether oxygens (including phenoxy) is 10. The molecule has 0 aliphatic carbocycles. The minimum atomic E-state index is -1.82. The number of rotatable bonds is 13. The van der Waals surface area contributed by atoms with Crippen molar-refractivity contribution in [3.8, 4) is 0 Å². The summed E-state index contributed by atoms with van der Waals surface area (Å²) in [5.74, 6) is -5.14. The molecule has 7 rings (SSSR count). The van der Waals surface area contributed by atoms with Gasteiger partial charge in [-0.25, -0.2) is 19.2 Å². The first-order valence-electron chi connectivity index (χ1n) is 19.4. The fraction of sp³-hybridized carbons (Fsp3) is 0.318. The Balaban J connectivity index is 1.34. The molecule has 3 fully saturated rings. The molecular weight excluding hydrogens is 1100 g/mol. The Bertz CT molecular complexity index is 2350. The van der Waals surface area contributed by atoms with Crippen LogP contribution >= 0.6 is 63.7 Å². The molecule has 3 aliphatic rings. The number of hydrogen-bond donors (Lipinski definition) is 0. The van der Waals surface area contributed by atoms with Gasteiger partial charge in [-0.1, -0.05) is 63.7 Å². The van der Waals surface area contributed by atoms with Crippen LogP contribution in [0.1, 0.15) is 55.3 Å². The SMILES string of the molecule is CC(=O)O[C@H]1[C@H](OC(C)=O)[C@@H]2OC[C@@H](O2)[C@@H]1O[C@@H]1O[C@H](COC(=O)c2ccc(Br)cc2)[C@@H](OC(=O)c2ccc(Br)cc2)[C@H](OC(=O)c2ccc(Br)cc2)[C@H]1OC(=O)c1ccc(Br)cc1. The van der Waals surface area contributed by atoms with E-state index in [1.807, 2.05) is 0 Å². The minimum Gasteiger partial charge on any atom is -0.459 e. The highest BCUT2D eigenvalue weighted by Gasteiger charge is 2.59. The van der Waals surface area contributed by atoms with Gasteiger partial charge in [-0.3, -0.25) is 9.59 Å². The molecule has 336 valence electrons. The Morgan fingerprint density at radius 2 is 0.875 bits per heavy atom. The van der Waals surface area contributed by atoms with E-state index in [9.17, 15) is 28.8 Å². The smallest absolute Gasteiger partial charge is 0.338 e. The molecule has 0 N–H and O–H groups in total. The number of hydrogen-bond acceptors (Lipinski definition) is 16. The van der Waals surface area contributed by atoms with Gasteiger partial charge in [0.05, 0.1) is 28.9 Å². The molecule has 0 spiro atoms. The van der Waals surface area contributed by atoms with E-state index >= 15 is 0 Å². The first-order valence-corrected chi connectivity index (χ1v) is 22.6. The number of benzene rings is 4. The molecule has 3 heterocycles. The van der Waals surface area contributed by atoms with Gasteiger partial charge in [0.15, 0.2) is 43.1 Å². The maximum atomic E-state index is 14.2. The molecule has 16 nitrogen and oxygen atoms in total. The second-order valence-electron chi connectivity index (χ2n) is 14.4. The van der Waals surface area contributed by atoms with Crippen molar-refractivity contribution in [3.63, 3.8) is 0 Å². The average molecular weight is 1140 g/mol. The monoisotopic (exact) mass is 1140 g/mol. The summed E-state index contributed by atoms with van der Waals surface area (Å²) in [6.07, 6.45) is -14.8. The van der Waals surface area contributed by atoms with E-state index in [-0.39, 0.29) is 28.9 Å². The van der Waals surface area contributed by atoms with Crippen LogP contribution in [0.15, 0.2) is 115 Å². The molecule has 10 atom stereocenters. The highest BCUT2D eigenvalue weighted by atomic mass is 79.9. The van der Waals surface area contributed by atoms with Crippen LogP contribution in [0.3, 0.4) is 0 Å². The van der Waals surface area contributed by atoms with Crippen molar-refractivity contribution >= 4 is 99.5 Å². The van der Waals surface area contributed by atoms with E-state index in [4.69, 9.17) is 47.4 Å². The van der Waals surface area contributed by atoms with Crippen LogP contribution in [-0.2, 0) is 57.0 Å². The molecule has 20 heteroatoms. The Labute approximate surface area is 398 Å². The molecule has 64 heavy (non-hydrogen) atoms. The standard InChI is InChI=1S/C44H36Br4O16/c1-21(49)57-35-34(32-20-56-43(59-32)37(35)58-22(2)50)64-44-38(63-42(54)26-9-17-30(48)18-10-26)36(62-41(53)25-7-15-29(47)16-8-25)33(61-40(52)24-5-13-28(46)14-6-24)31(60-44)19-55-39(51)23-3-11-27(45)12-4-23/h3-18,31-38,43-44H,19-20H2,1-2H3/t31-,32-,33-,34+,35-,36+,37+,38-,43-,44+/m1/s1. The molecule has 0 saturated carbocycles. The molecular formula is C44H36Br4O16. The van der Waals surface area contributed by atoms with Crippen LogP contribution in [-0.4, -0.2) is 110 Å². The van der Waals surface area contributed by atoms with E-state index in [2.05, 4.69) is 63.7 Å². The molecule has 2 bridgehead atoms. The van der Waals surface area contributed by atoms with Gasteiger partial charge in [0.2, 0.25) is 0 Å². The highest BCUT2D eigenvalue weighted by molar-refractivity contribution is 9.11. The van der Waals surface area contributed by atoms with Crippen LogP contribution in [0.25, 0.3) is 0 Å². The lowest BCUT2D eigenvalue weighted by Crippen LogP contribution is -2.66. The van der Waals surface area contributed by atoms with Gasteiger partial charge in [-0.15, -0.1) is 0 Å². The fourth-order valence-corrected chi connectivity index (χ4v) is 8.04. The zero-order valence-electron chi connectivity index (χ0n) is 33.5. The Hall–Kier alpha value is -4.54. The van der Waals surface area contributed by atoms with Crippen LogP contribution in [0.5, 0.6) is 0 Å². The first-order chi connectivity index (χ1) is 30.6. The van der Waals surface area contributed by atoms with Gasteiger partial charge in [0.25, 0.3) is 0 Å². The van der Waals surface area contributed by atoms with Crippen molar-refractivity contribution < 1.29 is 76.1 Å². The van der Waals surface area contributed by atoms with Crippen LogP contribution in [0.4, 0.5) is 0 Å². The van der Waals surface area contributed by atoms with Crippen molar-refractivity contribution in [1.82, 2.24) is 0 Å². The Morgan fingerprint density at radius 3 is 1.33 bits per heavy atom. The van der Waals surface area contributed by atoms with Gasteiger partial charge in [0, 0.05) is 31.7 Å². The lowest BCUT2D eigenvalue weighted by molar-refractivity contribution is -0.336. The molecule has 0 amide bonds. The van der Waals surface area contributed by atoms with Gasteiger partial charge in [0.1, 0.15) is 24.9 Å². The summed E-state index contributed by atoms with van der Waals surface area (Å²) in [6, 6.07) is 24.7. The van der Waals surface area contributed by atoms with Gasteiger partial charge < -0.3 is 47.4 Å². The van der Waals surface area contributed by atoms with E-state index < -0.39 is 104 Å². The summed E-state index contributed by atoms with van der Waals surface area (Å²) in [5, 5.41) is 0. The normalized spacial score (nSPS) is 25.9. The third kappa shape index (κ3) is 11.6. The van der Waals surface area contributed by atoms with Crippen molar-refractivity contribution in [2.24, 2.45) is 0 Å². The van der Waals surface area contributed by atoms with Gasteiger partial charge in [-0.2, -0.15) is 0 Å². The summed E-state index contributed by atoms with van der Waals surface area (Å²) in [5.41, 5.74) is 0.333. The number of carbonyl (C=O) groups excluding carboxylic acids is 6. The second kappa shape index (κ2) is 21.2. The highest BCUT2D eigenvalue weighted by Crippen LogP contribution is 2.38. The van der Waals surface area contributed by atoms with E-state index in [0.29, 0.717) is 17.9 Å². The number of halogens is 4. The Kier molecular flexibility index (Phi) is 15.7. The quantitative estimate of drug-likeness (QED) is 0.0955. The molecule has 3 aliphatic heterocycles. The topological polar surface area (TPSA) is 195 Å². The first kappa shape index (κ1) is 47.4. The fourth-order valence-electron chi connectivity index (χ4n) is 6.98. The summed E-state index contributed by atoms with van der Waals surface area (Å²) in [7, 11) is 0. The van der Waals surface area contributed by atoms with E-state index in [0.717, 1.165) is 13.8 Å². The van der Waals surface area contributed by atoms with Crippen LogP contribution < -0.4 is 0 Å². The summed E-state index contributed by atoms with van der Waals surface area (Å²) < 4.78 is 63.0. The van der Waals surface area contributed by atoms with Crippen LogP contribution in [0.2, 0.25) is 0 Å². The molecule has 0 radical (unpaired) electrons. The summed E-state index contributed by atoms with van der Waals surface area (Å²) in [4.78, 5) is 80.7. The number of esters is 6. The van der Waals surface area contributed by atoms with Gasteiger partial charge >= 0.3 is 35.8 Å². The predicted molar refractivity (Wildman–Crippen MR) is 234 cm³/mol. The summed E-state index contributed by atoms with van der Waals surface area (Å²) >= 11 is 13.4. The second-order valence-corrected chi connectivity index (χ2v) is 18.1. The Morgan fingerprint density at radius 1 is 0.484 bits per heavy atom. The van der Waals surface area contributed by atoms with Crippen molar-refractivity contribution in [3.05, 3.63) is 137 Å². The molecule has 0 unspecified atom stereocenters. The van der Waals surface area contributed by atoms with Gasteiger partial charge in [-0.05, 0) is 97.1 Å². The maximum absolute atomic E-state index is 14.2. The number of carbonyl (C=O) groups is 6. The predicted octanol–water partition coefficient (Wildman–Crippen LogP) is 7.30. The molecule has 4 aromatic carbocycles. The maximum Gasteiger partial charge on any atom is 0.338 e. The zero-order valence-corrected chi connectivity index (χ0v) is 39.8. The van der Waals surface area contributed by atoms with Crippen molar-refractivity contribution in [2.45, 2.75) is 75.3 Å². The largest absolute Gasteiger partial charge is 0.459 e. The third-order valence-corrected chi connectivity index (χ3v) is 12.0. The minimum absolute atomic E-state index is 0.0506. The molecule has 3 saturated heterocycles. The molecule has 4 aromatic rings. The summed E-state index contributed by atoms with van der Waals surface area (Å²) in [6.45, 7) is 1.50. The van der Waals surface area contributed by atoms with Crippen molar-refractivity contribution in [1.29, 1.82) is 0 Å². The van der Waals surface area contributed by atoms with Crippen molar-refractivity contribution in [2.75, 3.05) is 13.2 Å². The third-order valence-electron chi connectivity index (χ3n) is 9.93. The van der Waals surface area contributed by atoms with Crippen LogP contribution in [0, 0.1) is 0 Å². The zero-order chi connectivity index (χ0) is 45.7. The van der Waals surface area contributed by atoms with E-state index in [1.165, 1.54) is 48.5 Å². The number of fused-ring (bicyclic) bond motifs is 2. The lowest BCUT2D eigenvalue weighted by atomic mass is 9.96. The average Bonchev–Trinajstić information content (AvgIpc) is 3.71.